The number of fused-ring (bicyclic) bond motifs is 1. The quantitative estimate of drug-likeness (QED) is 0.165. The monoisotopic (exact) mass is 668 g/mol. The van der Waals surface area contributed by atoms with E-state index in [1.54, 1.807) is 0 Å². The minimum atomic E-state index is -1.30. The first kappa shape index (κ1) is 30.4. The molecule has 1 amide bonds. The standard InChI is InChI=1S/C36H33BrN2O6/c37-29-14-10-27(11-15-29)33-36(19-4-8-25-6-2-1-3-7-25,35(41)38-23-26-9-18-31-32(22-26)44-24-43-31)39-34(45-33)28-12-16-30(17-13-28)42-21-5-20-40/h1-4,6-18,22,33,40H,5,19-21,23-24H2,(H,38,41)/b8-4+/t33-,36-/m1/s1. The van der Waals surface area contributed by atoms with Crippen molar-refractivity contribution in [3.8, 4) is 17.2 Å². The summed E-state index contributed by atoms with van der Waals surface area (Å²) in [7, 11) is 0. The SMILES string of the molecule is O=C(NCc1ccc2c(c1)OCO2)[C@]1(C/C=C/c2ccccc2)N=C(c2ccc(OCCCO)cc2)O[C@@H]1c1ccc(Br)cc1. The fourth-order valence-corrected chi connectivity index (χ4v) is 5.54. The molecule has 45 heavy (non-hydrogen) atoms. The maximum atomic E-state index is 14.4. The van der Waals surface area contributed by atoms with Gasteiger partial charge in [-0.25, -0.2) is 4.99 Å². The van der Waals surface area contributed by atoms with Crippen LogP contribution in [0.3, 0.4) is 0 Å². The number of hydrogen-bond donors (Lipinski definition) is 2. The molecular formula is C36H33BrN2O6. The summed E-state index contributed by atoms with van der Waals surface area (Å²) in [5.74, 6) is 2.13. The van der Waals surface area contributed by atoms with E-state index >= 15 is 0 Å². The van der Waals surface area contributed by atoms with Crippen LogP contribution in [-0.2, 0) is 16.1 Å². The third-order valence-electron chi connectivity index (χ3n) is 7.63. The molecule has 2 N–H and O–H groups in total. The Balaban J connectivity index is 1.35. The molecular weight excluding hydrogens is 636 g/mol. The predicted molar refractivity (Wildman–Crippen MR) is 175 cm³/mol. The molecule has 0 aromatic heterocycles. The van der Waals surface area contributed by atoms with E-state index in [0.29, 0.717) is 42.6 Å². The maximum absolute atomic E-state index is 14.4. The number of aliphatic imine (C=N–C) groups is 1. The summed E-state index contributed by atoms with van der Waals surface area (Å²) < 4.78 is 24.2. The van der Waals surface area contributed by atoms with Crippen LogP contribution in [0, 0.1) is 0 Å². The molecule has 2 heterocycles. The Morgan fingerprint density at radius 3 is 2.56 bits per heavy atom. The molecule has 0 aliphatic carbocycles. The number of rotatable bonds is 12. The molecule has 4 aromatic rings. The fourth-order valence-electron chi connectivity index (χ4n) is 5.28. The average molecular weight is 670 g/mol. The highest BCUT2D eigenvalue weighted by Gasteiger charge is 2.52. The molecule has 9 heteroatoms. The van der Waals surface area contributed by atoms with Gasteiger partial charge in [0.25, 0.3) is 5.91 Å². The van der Waals surface area contributed by atoms with Crippen molar-refractivity contribution in [3.05, 3.63) is 130 Å². The number of ether oxygens (including phenoxy) is 4. The van der Waals surface area contributed by atoms with Crippen molar-refractivity contribution >= 4 is 33.8 Å². The lowest BCUT2D eigenvalue weighted by molar-refractivity contribution is -0.129. The summed E-state index contributed by atoms with van der Waals surface area (Å²) in [6.07, 6.45) is 4.12. The van der Waals surface area contributed by atoms with Gasteiger partial charge in [0, 0.05) is 36.0 Å². The molecule has 230 valence electrons. The zero-order valence-electron chi connectivity index (χ0n) is 24.5. The first-order chi connectivity index (χ1) is 22.0. The Morgan fingerprint density at radius 2 is 1.78 bits per heavy atom. The summed E-state index contributed by atoms with van der Waals surface area (Å²) in [5, 5.41) is 12.2. The van der Waals surface area contributed by atoms with Crippen molar-refractivity contribution in [3.63, 3.8) is 0 Å². The highest BCUT2D eigenvalue weighted by Crippen LogP contribution is 2.43. The maximum Gasteiger partial charge on any atom is 0.252 e. The van der Waals surface area contributed by atoms with Gasteiger partial charge in [-0.05, 0) is 65.2 Å². The van der Waals surface area contributed by atoms with Crippen LogP contribution in [0.2, 0.25) is 0 Å². The molecule has 4 aromatic carbocycles. The molecule has 0 unspecified atom stereocenters. The number of hydrogen-bond acceptors (Lipinski definition) is 7. The van der Waals surface area contributed by atoms with Gasteiger partial charge in [-0.15, -0.1) is 0 Å². The largest absolute Gasteiger partial charge is 0.494 e. The number of halogens is 1. The third-order valence-corrected chi connectivity index (χ3v) is 8.16. The summed E-state index contributed by atoms with van der Waals surface area (Å²) in [6.45, 7) is 0.940. The van der Waals surface area contributed by atoms with Crippen molar-refractivity contribution < 1.29 is 28.8 Å². The van der Waals surface area contributed by atoms with Crippen molar-refractivity contribution in [2.24, 2.45) is 4.99 Å². The van der Waals surface area contributed by atoms with Crippen LogP contribution in [-0.4, -0.2) is 42.5 Å². The van der Waals surface area contributed by atoms with Crippen LogP contribution in [0.25, 0.3) is 6.08 Å². The number of nitrogens with zero attached hydrogens (tertiary/aromatic N) is 1. The second-order valence-corrected chi connectivity index (χ2v) is 11.6. The Hall–Kier alpha value is -4.60. The zero-order chi connectivity index (χ0) is 31.1. The number of aliphatic hydroxyl groups excluding tert-OH is 1. The van der Waals surface area contributed by atoms with Crippen LogP contribution < -0.4 is 19.5 Å². The van der Waals surface area contributed by atoms with Crippen molar-refractivity contribution in [1.82, 2.24) is 5.32 Å². The number of nitrogens with one attached hydrogen (secondary N) is 1. The molecule has 0 saturated heterocycles. The van der Waals surface area contributed by atoms with Crippen molar-refractivity contribution in [2.75, 3.05) is 20.0 Å². The average Bonchev–Trinajstić information content (AvgIpc) is 3.70. The molecule has 2 aliphatic heterocycles. The van der Waals surface area contributed by atoms with Gasteiger partial charge < -0.3 is 29.4 Å². The number of aliphatic hydroxyl groups is 1. The van der Waals surface area contributed by atoms with E-state index in [0.717, 1.165) is 26.7 Å². The fraction of sp³-hybridized carbons (Fsp3) is 0.222. The summed E-state index contributed by atoms with van der Waals surface area (Å²) >= 11 is 3.52. The van der Waals surface area contributed by atoms with Crippen LogP contribution in [0.4, 0.5) is 0 Å². The highest BCUT2D eigenvalue weighted by molar-refractivity contribution is 9.10. The van der Waals surface area contributed by atoms with Gasteiger partial charge >= 0.3 is 0 Å². The Labute approximate surface area is 270 Å². The minimum Gasteiger partial charge on any atom is -0.494 e. The first-order valence-corrected chi connectivity index (χ1v) is 15.6. The number of carbonyl (C=O) groups is 1. The van der Waals surface area contributed by atoms with Crippen molar-refractivity contribution in [2.45, 2.75) is 31.0 Å². The van der Waals surface area contributed by atoms with E-state index in [-0.39, 0.29) is 25.9 Å². The zero-order valence-corrected chi connectivity index (χ0v) is 26.1. The van der Waals surface area contributed by atoms with Gasteiger partial charge in [-0.2, -0.15) is 0 Å². The molecule has 0 fully saturated rings. The van der Waals surface area contributed by atoms with E-state index in [1.807, 2.05) is 109 Å². The first-order valence-electron chi connectivity index (χ1n) is 14.8. The van der Waals surface area contributed by atoms with Gasteiger partial charge in [-0.1, -0.05) is 76.6 Å². The molecule has 2 atom stereocenters. The van der Waals surface area contributed by atoms with E-state index in [2.05, 4.69) is 21.2 Å². The van der Waals surface area contributed by atoms with Gasteiger partial charge in [0.15, 0.2) is 23.1 Å². The smallest absolute Gasteiger partial charge is 0.252 e. The van der Waals surface area contributed by atoms with E-state index in [1.165, 1.54) is 0 Å². The third kappa shape index (κ3) is 7.05. The van der Waals surface area contributed by atoms with Crippen LogP contribution in [0.5, 0.6) is 17.2 Å². The lowest BCUT2D eigenvalue weighted by Gasteiger charge is -2.30. The van der Waals surface area contributed by atoms with Gasteiger partial charge in [0.2, 0.25) is 12.7 Å². The Morgan fingerprint density at radius 1 is 1.00 bits per heavy atom. The van der Waals surface area contributed by atoms with E-state index in [9.17, 15) is 4.79 Å². The Kier molecular flexibility index (Phi) is 9.47. The molecule has 0 spiro atoms. The second-order valence-electron chi connectivity index (χ2n) is 10.7. The molecule has 6 rings (SSSR count). The van der Waals surface area contributed by atoms with Crippen LogP contribution in [0.1, 0.15) is 41.2 Å². The second kappa shape index (κ2) is 14.0. The van der Waals surface area contributed by atoms with E-state index < -0.39 is 11.6 Å². The topological polar surface area (TPSA) is 98.6 Å². The normalized spacial score (nSPS) is 18.4. The highest BCUT2D eigenvalue weighted by atomic mass is 79.9. The van der Waals surface area contributed by atoms with Gasteiger partial charge in [0.05, 0.1) is 6.61 Å². The van der Waals surface area contributed by atoms with E-state index in [4.69, 9.17) is 29.0 Å². The van der Waals surface area contributed by atoms with Crippen LogP contribution in [0.15, 0.2) is 113 Å². The molecule has 8 nitrogen and oxygen atoms in total. The minimum absolute atomic E-state index is 0.0672. The number of benzene rings is 4. The Bertz CT molecular complexity index is 1670. The van der Waals surface area contributed by atoms with Gasteiger partial charge in [0.1, 0.15) is 5.75 Å². The molecule has 0 saturated carbocycles. The summed E-state index contributed by atoms with van der Waals surface area (Å²) in [5.41, 5.74) is 2.15. The van der Waals surface area contributed by atoms with Crippen LogP contribution >= 0.6 is 15.9 Å². The summed E-state index contributed by atoms with van der Waals surface area (Å²) in [6, 6.07) is 30.8. The van der Waals surface area contributed by atoms with Gasteiger partial charge in [-0.3, -0.25) is 4.79 Å². The molecule has 0 radical (unpaired) electrons. The molecule has 2 aliphatic rings. The number of carbonyl (C=O) groups excluding carboxylic acids is 1. The summed E-state index contributed by atoms with van der Waals surface area (Å²) in [4.78, 5) is 19.5. The lowest BCUT2D eigenvalue weighted by Crippen LogP contribution is -2.47. The molecule has 0 bridgehead atoms. The number of amides is 1. The lowest BCUT2D eigenvalue weighted by atomic mass is 9.84. The van der Waals surface area contributed by atoms with Crippen molar-refractivity contribution in [1.29, 1.82) is 0 Å². The predicted octanol–water partition coefficient (Wildman–Crippen LogP) is 6.62.